The summed E-state index contributed by atoms with van der Waals surface area (Å²) in [6, 6.07) is 12.1. The van der Waals surface area contributed by atoms with Crippen LogP contribution in [0.2, 0.25) is 0 Å². The van der Waals surface area contributed by atoms with E-state index in [1.54, 1.807) is 13.2 Å². The Bertz CT molecular complexity index is 1310. The topological polar surface area (TPSA) is 113 Å². The van der Waals surface area contributed by atoms with Crippen LogP contribution < -0.4 is 5.32 Å². The highest BCUT2D eigenvalue weighted by molar-refractivity contribution is 7.90. The van der Waals surface area contributed by atoms with Gasteiger partial charge in [-0.2, -0.15) is 0 Å². The molecule has 1 atom stereocenters. The lowest BCUT2D eigenvalue weighted by Crippen LogP contribution is -2.42. The number of aliphatic carboxylic acids is 1. The molecule has 1 aliphatic heterocycles. The van der Waals surface area contributed by atoms with Crippen LogP contribution in [0.1, 0.15) is 140 Å². The lowest BCUT2D eigenvalue weighted by atomic mass is 9.90. The number of amides is 1. The van der Waals surface area contributed by atoms with Crippen molar-refractivity contribution in [3.05, 3.63) is 59.2 Å². The number of aryl methyl sites for hydroxylation is 1. The monoisotopic (exact) mass is 733 g/mol. The number of likely N-dealkylation sites (tertiary alicyclic amines) is 1. The molecular formula is C42H72N2O6S. The Hall–Kier alpha value is -2.75. The first kappa shape index (κ1) is 48.2. The number of methoxy groups -OCH3 is 1. The van der Waals surface area contributed by atoms with E-state index in [2.05, 4.69) is 37.9 Å². The van der Waals surface area contributed by atoms with Gasteiger partial charge in [-0.25, -0.2) is 13.2 Å². The van der Waals surface area contributed by atoms with E-state index < -0.39 is 27.8 Å². The van der Waals surface area contributed by atoms with Gasteiger partial charge in [0.25, 0.3) is 5.91 Å². The van der Waals surface area contributed by atoms with Crippen LogP contribution >= 0.6 is 0 Å². The molecule has 292 valence electrons. The summed E-state index contributed by atoms with van der Waals surface area (Å²) in [7, 11) is -1.55. The average molecular weight is 733 g/mol. The summed E-state index contributed by atoms with van der Waals surface area (Å²) in [5.74, 6) is -1.23. The molecule has 1 unspecified atom stereocenters. The fourth-order valence-corrected chi connectivity index (χ4v) is 6.62. The minimum absolute atomic E-state index is 0.188. The summed E-state index contributed by atoms with van der Waals surface area (Å²) in [6.07, 6.45) is 15.6. The summed E-state index contributed by atoms with van der Waals surface area (Å²) in [4.78, 5) is 27.1. The minimum atomic E-state index is -3.35. The van der Waals surface area contributed by atoms with Gasteiger partial charge in [0.15, 0.2) is 0 Å². The van der Waals surface area contributed by atoms with Crippen molar-refractivity contribution in [1.82, 2.24) is 10.2 Å². The van der Waals surface area contributed by atoms with Crippen molar-refractivity contribution in [2.24, 2.45) is 5.92 Å². The molecular weight excluding hydrogens is 661 g/mol. The molecule has 0 bridgehead atoms. The number of ether oxygens (including phenoxy) is 1. The van der Waals surface area contributed by atoms with Crippen molar-refractivity contribution < 1.29 is 27.9 Å². The van der Waals surface area contributed by atoms with Crippen molar-refractivity contribution in [3.63, 3.8) is 0 Å². The van der Waals surface area contributed by atoms with Crippen molar-refractivity contribution in [3.8, 4) is 11.1 Å². The predicted molar refractivity (Wildman–Crippen MR) is 215 cm³/mol. The molecule has 1 amide bonds. The van der Waals surface area contributed by atoms with Gasteiger partial charge in [0, 0.05) is 32.1 Å². The van der Waals surface area contributed by atoms with E-state index in [-0.39, 0.29) is 12.2 Å². The van der Waals surface area contributed by atoms with Gasteiger partial charge in [-0.05, 0) is 92.4 Å². The van der Waals surface area contributed by atoms with E-state index in [4.69, 9.17) is 4.74 Å². The van der Waals surface area contributed by atoms with Gasteiger partial charge in [-0.3, -0.25) is 9.69 Å². The normalized spacial score (nSPS) is 14.9. The number of hydrogen-bond acceptors (Lipinski definition) is 6. The van der Waals surface area contributed by atoms with Gasteiger partial charge in [0.1, 0.15) is 15.9 Å². The lowest BCUT2D eigenvalue weighted by Gasteiger charge is -2.19. The van der Waals surface area contributed by atoms with Crippen LogP contribution in [0, 0.1) is 12.8 Å². The maximum Gasteiger partial charge on any atom is 0.326 e. The Labute approximate surface area is 312 Å². The Morgan fingerprint density at radius 1 is 0.922 bits per heavy atom. The maximum absolute atomic E-state index is 13.1. The van der Waals surface area contributed by atoms with Crippen molar-refractivity contribution in [2.45, 2.75) is 138 Å². The summed E-state index contributed by atoms with van der Waals surface area (Å²) in [5, 5.41) is 12.0. The van der Waals surface area contributed by atoms with Crippen molar-refractivity contribution in [2.75, 3.05) is 38.8 Å². The summed E-state index contributed by atoms with van der Waals surface area (Å²) in [6.45, 7) is 18.5. The van der Waals surface area contributed by atoms with E-state index >= 15 is 0 Å². The quantitative estimate of drug-likeness (QED) is 0.211. The Kier molecular flexibility index (Phi) is 27.2. The van der Waals surface area contributed by atoms with Crippen LogP contribution in [0.15, 0.2) is 42.5 Å². The molecule has 1 saturated carbocycles. The molecule has 2 aromatic rings. The average Bonchev–Trinajstić information content (AvgIpc) is 3.62. The molecule has 1 saturated heterocycles. The molecule has 2 aliphatic rings. The first-order chi connectivity index (χ1) is 24.4. The summed E-state index contributed by atoms with van der Waals surface area (Å²) in [5.41, 5.74) is 4.11. The third-order valence-corrected chi connectivity index (χ3v) is 9.56. The van der Waals surface area contributed by atoms with Gasteiger partial charge >= 0.3 is 5.97 Å². The number of carboxylic acid groups (broad SMARTS) is 1. The van der Waals surface area contributed by atoms with E-state index in [9.17, 15) is 23.1 Å². The molecule has 2 aromatic carbocycles. The lowest BCUT2D eigenvalue weighted by molar-refractivity contribution is -0.139. The standard InChI is InChI=1S/C24H30N2O5S.C8H16O.C5H12.C3H8.C2H6/c1-17-7-3-4-8-19(17)21-15-18(16-26-12-5-6-13-26)9-10-20(21)23(27)25-22(24(28)29)11-14-32(2,30)31;1-9-7-8-5-3-2-4-6-8;1-3-5-4-2;1-3-2;1-2/h3-4,7-10,15,22H,5-6,11-14,16H2,1-2H3,(H,25,27)(H,28,29);8H,2-7H2,1H3;3-5H2,1-2H3;3H2,1-2H3;1-2H3. The number of unbranched alkanes of at least 4 members (excludes halogenated alkanes) is 2. The van der Waals surface area contributed by atoms with Crippen LogP contribution in [-0.2, 0) is 25.9 Å². The molecule has 0 spiro atoms. The second-order valence-corrected chi connectivity index (χ2v) is 15.7. The van der Waals surface area contributed by atoms with E-state index in [1.165, 1.54) is 70.6 Å². The number of hydrogen-bond donors (Lipinski definition) is 2. The molecule has 0 radical (unpaired) electrons. The van der Waals surface area contributed by atoms with Crippen LogP contribution in [-0.4, -0.2) is 75.2 Å². The first-order valence-corrected chi connectivity index (χ1v) is 21.6. The van der Waals surface area contributed by atoms with Crippen molar-refractivity contribution in [1.29, 1.82) is 0 Å². The highest BCUT2D eigenvalue weighted by Gasteiger charge is 2.24. The van der Waals surface area contributed by atoms with E-state index in [0.717, 1.165) is 60.7 Å². The zero-order chi connectivity index (χ0) is 38.7. The van der Waals surface area contributed by atoms with Crippen molar-refractivity contribution >= 4 is 21.7 Å². The number of rotatable bonds is 13. The highest BCUT2D eigenvalue weighted by Crippen LogP contribution is 2.29. The third kappa shape index (κ3) is 21.4. The molecule has 51 heavy (non-hydrogen) atoms. The Morgan fingerprint density at radius 2 is 1.51 bits per heavy atom. The highest BCUT2D eigenvalue weighted by atomic mass is 32.2. The molecule has 1 heterocycles. The zero-order valence-electron chi connectivity index (χ0n) is 33.6. The molecule has 1 aliphatic carbocycles. The smallest absolute Gasteiger partial charge is 0.326 e. The van der Waals surface area contributed by atoms with Gasteiger partial charge in [-0.15, -0.1) is 0 Å². The molecule has 9 heteroatoms. The van der Waals surface area contributed by atoms with Gasteiger partial charge in [0.2, 0.25) is 0 Å². The summed E-state index contributed by atoms with van der Waals surface area (Å²) >= 11 is 0. The van der Waals surface area contributed by atoms with Crippen LogP contribution in [0.5, 0.6) is 0 Å². The number of carbonyl (C=O) groups is 2. The molecule has 4 rings (SSSR count). The second-order valence-electron chi connectivity index (χ2n) is 13.5. The SMILES string of the molecule is CC.CCC.CCCCC.COCC1CCCCC1.Cc1ccccc1-c1cc(CN2CCCC2)ccc1C(=O)NC(CCS(C)(=O)=O)C(=O)O. The Morgan fingerprint density at radius 3 is 2.00 bits per heavy atom. The fourth-order valence-electron chi connectivity index (χ4n) is 5.95. The maximum atomic E-state index is 13.1. The van der Waals surface area contributed by atoms with E-state index in [0.29, 0.717) is 5.56 Å². The number of nitrogens with one attached hydrogen (secondary N) is 1. The van der Waals surface area contributed by atoms with Gasteiger partial charge in [-0.1, -0.05) is 117 Å². The minimum Gasteiger partial charge on any atom is -0.480 e. The zero-order valence-corrected chi connectivity index (χ0v) is 34.4. The molecule has 0 aromatic heterocycles. The number of carbonyl (C=O) groups excluding carboxylic acids is 1. The largest absolute Gasteiger partial charge is 0.480 e. The number of carboxylic acids is 1. The van der Waals surface area contributed by atoms with Crippen LogP contribution in [0.3, 0.4) is 0 Å². The third-order valence-electron chi connectivity index (χ3n) is 8.58. The molecule has 8 nitrogen and oxygen atoms in total. The molecule has 2 fully saturated rings. The van der Waals surface area contributed by atoms with Crippen LogP contribution in [0.4, 0.5) is 0 Å². The fraction of sp³-hybridized carbons (Fsp3) is 0.667. The van der Waals surface area contributed by atoms with Gasteiger partial charge < -0.3 is 15.2 Å². The van der Waals surface area contributed by atoms with E-state index in [1.807, 2.05) is 57.2 Å². The predicted octanol–water partition coefficient (Wildman–Crippen LogP) is 9.73. The van der Waals surface area contributed by atoms with Crippen LogP contribution in [0.25, 0.3) is 11.1 Å². The number of benzene rings is 2. The molecule has 2 N–H and O–H groups in total. The summed E-state index contributed by atoms with van der Waals surface area (Å²) < 4.78 is 28.0. The van der Waals surface area contributed by atoms with Gasteiger partial charge in [0.05, 0.1) is 5.75 Å². The Balaban J connectivity index is 0.00000108. The number of sulfone groups is 1. The second kappa shape index (κ2) is 28.8. The first-order valence-electron chi connectivity index (χ1n) is 19.5. The number of nitrogens with zero attached hydrogens (tertiary/aromatic N) is 1.